The third kappa shape index (κ3) is 3.15. The second-order valence-corrected chi connectivity index (χ2v) is 5.13. The Bertz CT molecular complexity index is 434. The molecule has 1 aliphatic carbocycles. The number of nitrogens with one attached hydrogen (secondary N) is 1. The van der Waals surface area contributed by atoms with Crippen LogP contribution in [0.1, 0.15) is 12.8 Å². The SMILES string of the molecule is CN(C(=O)Nc1cccc(Cl)c1)C(CN)C1CC1. The molecule has 4 nitrogen and oxygen atoms in total. The summed E-state index contributed by atoms with van der Waals surface area (Å²) in [6.07, 6.45) is 2.33. The van der Waals surface area contributed by atoms with Gasteiger partial charge in [-0.15, -0.1) is 0 Å². The molecule has 0 aliphatic heterocycles. The Morgan fingerprint density at radius 3 is 2.89 bits per heavy atom. The van der Waals surface area contributed by atoms with E-state index in [2.05, 4.69) is 5.32 Å². The number of rotatable bonds is 4. The smallest absolute Gasteiger partial charge is 0.321 e. The minimum absolute atomic E-state index is 0.129. The second kappa shape index (κ2) is 5.59. The highest BCUT2D eigenvalue weighted by molar-refractivity contribution is 6.30. The molecule has 1 aromatic rings. The maximum Gasteiger partial charge on any atom is 0.321 e. The molecule has 1 atom stereocenters. The van der Waals surface area contributed by atoms with Crippen LogP contribution in [0.2, 0.25) is 5.02 Å². The van der Waals surface area contributed by atoms with E-state index in [0.717, 1.165) is 12.8 Å². The monoisotopic (exact) mass is 267 g/mol. The lowest BCUT2D eigenvalue weighted by atomic mass is 10.1. The first-order valence-corrected chi connectivity index (χ1v) is 6.49. The number of benzene rings is 1. The largest absolute Gasteiger partial charge is 0.328 e. The van der Waals surface area contributed by atoms with Crippen molar-refractivity contribution < 1.29 is 4.79 Å². The number of urea groups is 1. The minimum Gasteiger partial charge on any atom is -0.328 e. The molecule has 18 heavy (non-hydrogen) atoms. The van der Waals surface area contributed by atoms with Crippen LogP contribution in [0.25, 0.3) is 0 Å². The van der Waals surface area contributed by atoms with Gasteiger partial charge < -0.3 is 16.0 Å². The summed E-state index contributed by atoms with van der Waals surface area (Å²) in [6, 6.07) is 7.10. The zero-order valence-corrected chi connectivity index (χ0v) is 11.2. The van der Waals surface area contributed by atoms with Crippen LogP contribution in [-0.2, 0) is 0 Å². The van der Waals surface area contributed by atoms with Gasteiger partial charge in [-0.05, 0) is 37.0 Å². The van der Waals surface area contributed by atoms with Gasteiger partial charge in [-0.1, -0.05) is 17.7 Å². The van der Waals surface area contributed by atoms with Gasteiger partial charge >= 0.3 is 6.03 Å². The summed E-state index contributed by atoms with van der Waals surface area (Å²) in [6.45, 7) is 0.504. The molecule has 1 saturated carbocycles. The first-order valence-electron chi connectivity index (χ1n) is 6.11. The molecule has 0 aromatic heterocycles. The number of hydrogen-bond acceptors (Lipinski definition) is 2. The molecular formula is C13H18ClN3O. The molecule has 1 fully saturated rings. The maximum atomic E-state index is 12.1. The molecule has 0 radical (unpaired) electrons. The molecule has 0 saturated heterocycles. The fourth-order valence-electron chi connectivity index (χ4n) is 2.08. The van der Waals surface area contributed by atoms with Crippen molar-refractivity contribution in [2.45, 2.75) is 18.9 Å². The van der Waals surface area contributed by atoms with E-state index < -0.39 is 0 Å². The van der Waals surface area contributed by atoms with Crippen molar-refractivity contribution in [3.63, 3.8) is 0 Å². The highest BCUT2D eigenvalue weighted by atomic mass is 35.5. The summed E-state index contributed by atoms with van der Waals surface area (Å²) in [7, 11) is 1.79. The quantitative estimate of drug-likeness (QED) is 0.881. The van der Waals surface area contributed by atoms with Gasteiger partial charge in [0, 0.05) is 30.3 Å². The summed E-state index contributed by atoms with van der Waals surface area (Å²) in [4.78, 5) is 13.8. The van der Waals surface area contributed by atoms with E-state index >= 15 is 0 Å². The highest BCUT2D eigenvalue weighted by Gasteiger charge is 2.34. The van der Waals surface area contributed by atoms with Crippen LogP contribution in [0.15, 0.2) is 24.3 Å². The summed E-state index contributed by atoms with van der Waals surface area (Å²) < 4.78 is 0. The number of carbonyl (C=O) groups excluding carboxylic acids is 1. The van der Waals surface area contributed by atoms with Gasteiger partial charge in [0.2, 0.25) is 0 Å². The van der Waals surface area contributed by atoms with Crippen molar-refractivity contribution in [1.29, 1.82) is 0 Å². The number of nitrogens with zero attached hydrogens (tertiary/aromatic N) is 1. The number of nitrogens with two attached hydrogens (primary N) is 1. The Morgan fingerprint density at radius 1 is 1.61 bits per heavy atom. The Hall–Kier alpha value is -1.26. The van der Waals surface area contributed by atoms with Gasteiger partial charge in [0.1, 0.15) is 0 Å². The standard InChI is InChI=1S/C13H18ClN3O/c1-17(12(8-15)9-5-6-9)13(18)16-11-4-2-3-10(14)7-11/h2-4,7,9,12H,5-6,8,15H2,1H3,(H,16,18). The lowest BCUT2D eigenvalue weighted by Crippen LogP contribution is -2.45. The molecule has 5 heteroatoms. The molecule has 1 aromatic carbocycles. The van der Waals surface area contributed by atoms with Crippen molar-refractivity contribution in [2.24, 2.45) is 11.7 Å². The van der Waals surface area contributed by atoms with Gasteiger partial charge in [0.15, 0.2) is 0 Å². The van der Waals surface area contributed by atoms with Crippen LogP contribution in [0.3, 0.4) is 0 Å². The van der Waals surface area contributed by atoms with Crippen molar-refractivity contribution in [3.8, 4) is 0 Å². The van der Waals surface area contributed by atoms with Crippen LogP contribution in [0.5, 0.6) is 0 Å². The van der Waals surface area contributed by atoms with Crippen molar-refractivity contribution in [2.75, 3.05) is 18.9 Å². The summed E-state index contributed by atoms with van der Waals surface area (Å²) in [5, 5.41) is 3.43. The Labute approximate surface area is 112 Å². The number of likely N-dealkylation sites (N-methyl/N-ethyl adjacent to an activating group) is 1. The zero-order chi connectivity index (χ0) is 13.1. The lowest BCUT2D eigenvalue weighted by molar-refractivity contribution is 0.198. The molecular weight excluding hydrogens is 250 g/mol. The highest BCUT2D eigenvalue weighted by Crippen LogP contribution is 2.34. The molecule has 2 rings (SSSR count). The molecule has 1 unspecified atom stereocenters. The molecule has 0 spiro atoms. The first kappa shape index (κ1) is 13.2. The van der Waals surface area contributed by atoms with Gasteiger partial charge in [-0.3, -0.25) is 0 Å². The van der Waals surface area contributed by atoms with Crippen LogP contribution in [-0.4, -0.2) is 30.6 Å². The minimum atomic E-state index is -0.139. The lowest BCUT2D eigenvalue weighted by Gasteiger charge is -2.27. The van der Waals surface area contributed by atoms with E-state index in [-0.39, 0.29) is 12.1 Å². The Morgan fingerprint density at radius 2 is 2.33 bits per heavy atom. The van der Waals surface area contributed by atoms with Gasteiger partial charge in [0.05, 0.1) is 0 Å². The van der Waals surface area contributed by atoms with Crippen molar-refractivity contribution in [3.05, 3.63) is 29.3 Å². The van der Waals surface area contributed by atoms with Gasteiger partial charge in [-0.2, -0.15) is 0 Å². The average Bonchev–Trinajstić information content (AvgIpc) is 3.14. The molecule has 98 valence electrons. The predicted octanol–water partition coefficient (Wildman–Crippen LogP) is 2.54. The number of hydrogen-bond donors (Lipinski definition) is 2. The van der Waals surface area contributed by atoms with Crippen molar-refractivity contribution in [1.82, 2.24) is 4.90 Å². The molecule has 2 amide bonds. The van der Waals surface area contributed by atoms with E-state index in [1.807, 2.05) is 6.07 Å². The summed E-state index contributed by atoms with van der Waals surface area (Å²) >= 11 is 5.87. The van der Waals surface area contributed by atoms with Crippen LogP contribution < -0.4 is 11.1 Å². The first-order chi connectivity index (χ1) is 8.61. The van der Waals surface area contributed by atoms with Crippen LogP contribution in [0.4, 0.5) is 10.5 Å². The summed E-state index contributed by atoms with van der Waals surface area (Å²) in [5.74, 6) is 0.560. The molecule has 1 aliphatic rings. The van der Waals surface area contributed by atoms with Gasteiger partial charge in [-0.25, -0.2) is 4.79 Å². The van der Waals surface area contributed by atoms with E-state index in [4.69, 9.17) is 17.3 Å². The van der Waals surface area contributed by atoms with E-state index in [1.165, 1.54) is 0 Å². The number of halogens is 1. The normalized spacial score (nSPS) is 16.2. The third-order valence-electron chi connectivity index (χ3n) is 3.30. The van der Waals surface area contributed by atoms with Crippen LogP contribution >= 0.6 is 11.6 Å². The third-order valence-corrected chi connectivity index (χ3v) is 3.54. The topological polar surface area (TPSA) is 58.4 Å². The van der Waals surface area contributed by atoms with Gasteiger partial charge in [0.25, 0.3) is 0 Å². The fraction of sp³-hybridized carbons (Fsp3) is 0.462. The van der Waals surface area contributed by atoms with Crippen LogP contribution in [0, 0.1) is 5.92 Å². The van der Waals surface area contributed by atoms with E-state index in [1.54, 1.807) is 30.1 Å². The zero-order valence-electron chi connectivity index (χ0n) is 10.4. The number of anilines is 1. The van der Waals surface area contributed by atoms with E-state index in [9.17, 15) is 4.79 Å². The average molecular weight is 268 g/mol. The Balaban J connectivity index is 1.98. The number of amides is 2. The fourth-order valence-corrected chi connectivity index (χ4v) is 2.27. The maximum absolute atomic E-state index is 12.1. The summed E-state index contributed by atoms with van der Waals surface area (Å²) in [5.41, 5.74) is 6.43. The Kier molecular flexibility index (Phi) is 4.09. The predicted molar refractivity (Wildman–Crippen MR) is 73.8 cm³/mol. The molecule has 3 N–H and O–H groups in total. The number of carbonyl (C=O) groups is 1. The van der Waals surface area contributed by atoms with E-state index in [0.29, 0.717) is 23.2 Å². The second-order valence-electron chi connectivity index (χ2n) is 4.69. The molecule has 0 heterocycles. The molecule has 0 bridgehead atoms. The van der Waals surface area contributed by atoms with Crippen molar-refractivity contribution >= 4 is 23.3 Å².